The summed E-state index contributed by atoms with van der Waals surface area (Å²) in [6, 6.07) is 3.25. The van der Waals surface area contributed by atoms with Crippen molar-refractivity contribution in [3.05, 3.63) is 27.9 Å². The van der Waals surface area contributed by atoms with Gasteiger partial charge >= 0.3 is 5.69 Å². The molecule has 0 amide bonds. The number of pyridine rings is 1. The van der Waals surface area contributed by atoms with E-state index in [0.29, 0.717) is 25.5 Å². The van der Waals surface area contributed by atoms with E-state index in [1.807, 2.05) is 11.8 Å². The maximum atomic E-state index is 11.3. The molecule has 1 spiro atoms. The first kappa shape index (κ1) is 14.3. The molecule has 2 aliphatic rings. The van der Waals surface area contributed by atoms with E-state index in [1.54, 1.807) is 12.1 Å². The van der Waals surface area contributed by atoms with Crippen LogP contribution in [0.4, 0.5) is 11.5 Å². The number of nitrogens with zero attached hydrogens (tertiary/aromatic N) is 3. The molecule has 3 rings (SSSR count). The van der Waals surface area contributed by atoms with Gasteiger partial charge in [-0.15, -0.1) is 0 Å². The third kappa shape index (κ3) is 2.85. The van der Waals surface area contributed by atoms with Gasteiger partial charge in [-0.1, -0.05) is 19.3 Å². The third-order valence-corrected chi connectivity index (χ3v) is 4.50. The van der Waals surface area contributed by atoms with Crippen LogP contribution in [0.5, 0.6) is 0 Å². The van der Waals surface area contributed by atoms with Gasteiger partial charge in [0.1, 0.15) is 0 Å². The lowest BCUT2D eigenvalue weighted by molar-refractivity contribution is -0.384. The zero-order valence-corrected chi connectivity index (χ0v) is 12.4. The number of hydrogen-bond donors (Lipinski definition) is 0. The number of aromatic nitrogens is 1. The maximum Gasteiger partial charge on any atom is 0.311 e. The lowest BCUT2D eigenvalue weighted by atomic mass is 9.83. The summed E-state index contributed by atoms with van der Waals surface area (Å²) in [6.45, 7) is 3.86. The molecule has 6 heteroatoms. The molecular weight excluding hydrogens is 270 g/mol. The Balaban J connectivity index is 1.89. The molecule has 0 radical (unpaired) electrons. The average molecular weight is 291 g/mol. The van der Waals surface area contributed by atoms with Crippen LogP contribution in [0.1, 0.15) is 37.8 Å². The first-order chi connectivity index (χ1) is 10.1. The highest BCUT2D eigenvalue weighted by atomic mass is 16.6. The van der Waals surface area contributed by atoms with Gasteiger partial charge in [-0.25, -0.2) is 4.98 Å². The zero-order valence-electron chi connectivity index (χ0n) is 12.4. The second-order valence-corrected chi connectivity index (χ2v) is 6.07. The van der Waals surface area contributed by atoms with E-state index < -0.39 is 0 Å². The van der Waals surface area contributed by atoms with Crippen molar-refractivity contribution in [3.63, 3.8) is 0 Å². The maximum absolute atomic E-state index is 11.3. The van der Waals surface area contributed by atoms with Crippen LogP contribution in [0, 0.1) is 17.0 Å². The quantitative estimate of drug-likeness (QED) is 0.619. The fraction of sp³-hybridized carbons (Fsp3) is 0.667. The Morgan fingerprint density at radius 2 is 2.10 bits per heavy atom. The lowest BCUT2D eigenvalue weighted by Crippen LogP contribution is -2.53. The van der Waals surface area contributed by atoms with Gasteiger partial charge in [0.05, 0.1) is 17.1 Å². The summed E-state index contributed by atoms with van der Waals surface area (Å²) >= 11 is 0. The molecule has 1 aromatic rings. The Hall–Kier alpha value is -1.69. The van der Waals surface area contributed by atoms with Gasteiger partial charge in [0.25, 0.3) is 0 Å². The van der Waals surface area contributed by atoms with Crippen LogP contribution in [0.2, 0.25) is 0 Å². The van der Waals surface area contributed by atoms with Crippen LogP contribution in [0.25, 0.3) is 0 Å². The predicted octanol–water partition coefficient (Wildman–Crippen LogP) is 2.84. The van der Waals surface area contributed by atoms with Crippen molar-refractivity contribution in [2.75, 3.05) is 24.6 Å². The van der Waals surface area contributed by atoms with Crippen molar-refractivity contribution in [1.29, 1.82) is 0 Å². The minimum Gasteiger partial charge on any atom is -0.371 e. The van der Waals surface area contributed by atoms with Crippen molar-refractivity contribution in [2.24, 2.45) is 0 Å². The standard InChI is InChI=1S/C15H21N3O3/c1-12-5-6-13(18(19)20)14(16-12)17-9-10-21-15(11-17)7-3-2-4-8-15/h5-6H,2-4,7-11H2,1H3. The second kappa shape index (κ2) is 5.60. The summed E-state index contributed by atoms with van der Waals surface area (Å²) in [4.78, 5) is 17.4. The molecule has 2 fully saturated rings. The lowest BCUT2D eigenvalue weighted by Gasteiger charge is -2.45. The van der Waals surface area contributed by atoms with Gasteiger partial charge < -0.3 is 9.64 Å². The first-order valence-electron chi connectivity index (χ1n) is 7.61. The molecular formula is C15H21N3O3. The topological polar surface area (TPSA) is 68.5 Å². The van der Waals surface area contributed by atoms with Crippen molar-refractivity contribution < 1.29 is 9.66 Å². The molecule has 6 nitrogen and oxygen atoms in total. The molecule has 2 heterocycles. The summed E-state index contributed by atoms with van der Waals surface area (Å²) in [5, 5.41) is 11.3. The number of rotatable bonds is 2. The zero-order chi connectivity index (χ0) is 14.9. The van der Waals surface area contributed by atoms with Crippen molar-refractivity contribution in [2.45, 2.75) is 44.6 Å². The normalized spacial score (nSPS) is 21.5. The monoisotopic (exact) mass is 291 g/mol. The van der Waals surface area contributed by atoms with E-state index in [0.717, 1.165) is 18.5 Å². The molecule has 0 atom stereocenters. The van der Waals surface area contributed by atoms with E-state index in [4.69, 9.17) is 4.74 Å². The highest BCUT2D eigenvalue weighted by Crippen LogP contribution is 2.37. The van der Waals surface area contributed by atoms with E-state index in [1.165, 1.54) is 19.3 Å². The smallest absolute Gasteiger partial charge is 0.311 e. The van der Waals surface area contributed by atoms with E-state index >= 15 is 0 Å². The van der Waals surface area contributed by atoms with Crippen molar-refractivity contribution in [1.82, 2.24) is 4.98 Å². The van der Waals surface area contributed by atoms with E-state index in [2.05, 4.69) is 4.98 Å². The highest BCUT2D eigenvalue weighted by molar-refractivity contribution is 5.58. The van der Waals surface area contributed by atoms with Gasteiger partial charge in [-0.05, 0) is 25.8 Å². The number of aryl methyl sites for hydroxylation is 1. The number of anilines is 1. The van der Waals surface area contributed by atoms with Crippen LogP contribution < -0.4 is 4.90 Å². The largest absolute Gasteiger partial charge is 0.371 e. The van der Waals surface area contributed by atoms with Crippen LogP contribution in [0.3, 0.4) is 0 Å². The fourth-order valence-electron chi connectivity index (χ4n) is 3.44. The number of ether oxygens (including phenoxy) is 1. The summed E-state index contributed by atoms with van der Waals surface area (Å²) in [7, 11) is 0. The van der Waals surface area contributed by atoms with E-state index in [9.17, 15) is 10.1 Å². The Kier molecular flexibility index (Phi) is 3.80. The molecule has 1 saturated heterocycles. The molecule has 1 aromatic heterocycles. The summed E-state index contributed by atoms with van der Waals surface area (Å²) in [5.41, 5.74) is 0.767. The van der Waals surface area contributed by atoms with Crippen LogP contribution >= 0.6 is 0 Å². The third-order valence-electron chi connectivity index (χ3n) is 4.50. The minimum atomic E-state index is -0.342. The molecule has 1 aliphatic carbocycles. The molecule has 0 aromatic carbocycles. The summed E-state index contributed by atoms with van der Waals surface area (Å²) < 4.78 is 6.05. The first-order valence-corrected chi connectivity index (χ1v) is 7.61. The molecule has 0 N–H and O–H groups in total. The molecule has 114 valence electrons. The van der Waals surface area contributed by atoms with Crippen LogP contribution in [-0.4, -0.2) is 35.2 Å². The van der Waals surface area contributed by atoms with Gasteiger partial charge in [0.15, 0.2) is 0 Å². The van der Waals surface area contributed by atoms with Crippen molar-refractivity contribution in [3.8, 4) is 0 Å². The number of hydrogen-bond acceptors (Lipinski definition) is 5. The average Bonchev–Trinajstić information content (AvgIpc) is 2.47. The number of morpholine rings is 1. The van der Waals surface area contributed by atoms with Crippen LogP contribution in [0.15, 0.2) is 12.1 Å². The van der Waals surface area contributed by atoms with Gasteiger partial charge in [-0.2, -0.15) is 0 Å². The molecule has 21 heavy (non-hydrogen) atoms. The summed E-state index contributed by atoms with van der Waals surface area (Å²) in [6.07, 6.45) is 5.70. The van der Waals surface area contributed by atoms with Gasteiger partial charge in [0, 0.05) is 24.8 Å². The van der Waals surface area contributed by atoms with E-state index in [-0.39, 0.29) is 16.2 Å². The molecule has 0 bridgehead atoms. The summed E-state index contributed by atoms with van der Waals surface area (Å²) in [5.74, 6) is 0.494. The Labute approximate surface area is 124 Å². The number of nitro groups is 1. The van der Waals surface area contributed by atoms with Gasteiger partial charge in [-0.3, -0.25) is 10.1 Å². The minimum absolute atomic E-state index is 0.0912. The Morgan fingerprint density at radius 3 is 2.81 bits per heavy atom. The molecule has 1 aliphatic heterocycles. The molecule has 0 unspecified atom stereocenters. The fourth-order valence-corrected chi connectivity index (χ4v) is 3.44. The Morgan fingerprint density at radius 1 is 1.33 bits per heavy atom. The second-order valence-electron chi connectivity index (χ2n) is 6.07. The Bertz CT molecular complexity index is 535. The van der Waals surface area contributed by atoms with Crippen molar-refractivity contribution >= 4 is 11.5 Å². The van der Waals surface area contributed by atoms with Gasteiger partial charge in [0.2, 0.25) is 5.82 Å². The highest BCUT2D eigenvalue weighted by Gasteiger charge is 2.39. The SMILES string of the molecule is Cc1ccc([N+](=O)[O-])c(N2CCOC3(CCCCC3)C2)n1. The predicted molar refractivity (Wildman–Crippen MR) is 79.6 cm³/mol. The van der Waals surface area contributed by atoms with Crippen LogP contribution in [-0.2, 0) is 4.74 Å². The molecule has 1 saturated carbocycles.